The molecule has 0 saturated heterocycles. The minimum Gasteiger partial charge on any atom is -0.346 e. The number of anilines is 1. The van der Waals surface area contributed by atoms with Gasteiger partial charge in [-0.15, -0.1) is 0 Å². The number of fused-ring (bicyclic) bond motifs is 1. The Bertz CT molecular complexity index is 882. The first-order valence-corrected chi connectivity index (χ1v) is 9.06. The van der Waals surface area contributed by atoms with Crippen LogP contribution < -0.4 is 15.5 Å². The molecule has 0 bridgehead atoms. The van der Waals surface area contributed by atoms with E-state index in [1.54, 1.807) is 25.2 Å². The predicted octanol–water partition coefficient (Wildman–Crippen LogP) is 1.24. The monoisotopic (exact) mass is 380 g/mol. The van der Waals surface area contributed by atoms with Gasteiger partial charge in [-0.2, -0.15) is 0 Å². The average Bonchev–Trinajstić information content (AvgIpc) is 2.93. The number of amides is 3. The Labute approximate surface area is 164 Å². The highest BCUT2D eigenvalue weighted by Crippen LogP contribution is 2.34. The normalized spacial score (nSPS) is 16.6. The second kappa shape index (κ2) is 8.22. The van der Waals surface area contributed by atoms with Crippen LogP contribution in [0.2, 0.25) is 0 Å². The molecule has 7 nitrogen and oxygen atoms in total. The van der Waals surface area contributed by atoms with Gasteiger partial charge < -0.3 is 20.4 Å². The summed E-state index contributed by atoms with van der Waals surface area (Å²) in [7, 11) is 5.47. The van der Waals surface area contributed by atoms with Crippen molar-refractivity contribution in [2.45, 2.75) is 12.1 Å². The van der Waals surface area contributed by atoms with E-state index in [9.17, 15) is 14.4 Å². The Morgan fingerprint density at radius 1 is 1.04 bits per heavy atom. The van der Waals surface area contributed by atoms with Crippen LogP contribution in [0.25, 0.3) is 0 Å². The number of para-hydroxylation sites is 1. The van der Waals surface area contributed by atoms with E-state index in [0.717, 1.165) is 11.3 Å². The van der Waals surface area contributed by atoms with Crippen molar-refractivity contribution in [1.82, 2.24) is 15.5 Å². The zero-order chi connectivity index (χ0) is 20.3. The van der Waals surface area contributed by atoms with Gasteiger partial charge in [0.05, 0.1) is 6.04 Å². The topological polar surface area (TPSA) is 81.8 Å². The first-order chi connectivity index (χ1) is 13.4. The summed E-state index contributed by atoms with van der Waals surface area (Å²) in [6, 6.07) is 16.0. The van der Waals surface area contributed by atoms with Crippen LogP contribution in [0.4, 0.5) is 5.69 Å². The molecule has 2 N–H and O–H groups in total. The Kier molecular flexibility index (Phi) is 5.75. The maximum Gasteiger partial charge on any atom is 0.310 e. The summed E-state index contributed by atoms with van der Waals surface area (Å²) in [5, 5.41) is 5.22. The van der Waals surface area contributed by atoms with Crippen LogP contribution in [0.3, 0.4) is 0 Å². The minimum atomic E-state index is -0.849. The zero-order valence-electron chi connectivity index (χ0n) is 16.2. The summed E-state index contributed by atoms with van der Waals surface area (Å²) in [5.74, 6) is -1.85. The van der Waals surface area contributed by atoms with Crippen molar-refractivity contribution < 1.29 is 14.4 Å². The second-order valence-corrected chi connectivity index (χ2v) is 6.96. The van der Waals surface area contributed by atoms with Crippen LogP contribution in [0.5, 0.6) is 0 Å². The number of benzene rings is 2. The lowest BCUT2D eigenvalue weighted by Gasteiger charge is -2.25. The molecule has 28 heavy (non-hydrogen) atoms. The first-order valence-electron chi connectivity index (χ1n) is 9.06. The SMILES string of the molecule is CN1C(=O)[C@H](NC(=O)C(=O)NC[C@@H](c2ccccc2)N(C)C)c2ccccc21. The van der Waals surface area contributed by atoms with Crippen molar-refractivity contribution >= 4 is 23.4 Å². The lowest BCUT2D eigenvalue weighted by atomic mass is 10.1. The number of hydrogen-bond donors (Lipinski definition) is 2. The highest BCUT2D eigenvalue weighted by molar-refractivity contribution is 6.35. The van der Waals surface area contributed by atoms with Gasteiger partial charge in [0.25, 0.3) is 5.91 Å². The van der Waals surface area contributed by atoms with E-state index in [1.165, 1.54) is 4.90 Å². The molecule has 1 aliphatic rings. The Hall–Kier alpha value is -3.19. The van der Waals surface area contributed by atoms with Crippen molar-refractivity contribution in [1.29, 1.82) is 0 Å². The molecule has 2 aromatic rings. The Morgan fingerprint density at radius 2 is 1.68 bits per heavy atom. The summed E-state index contributed by atoms with van der Waals surface area (Å²) in [4.78, 5) is 40.6. The van der Waals surface area contributed by atoms with E-state index in [-0.39, 0.29) is 18.5 Å². The van der Waals surface area contributed by atoms with Crippen molar-refractivity contribution in [2.75, 3.05) is 32.6 Å². The van der Waals surface area contributed by atoms with Gasteiger partial charge in [0, 0.05) is 24.8 Å². The molecule has 0 saturated carbocycles. The molecule has 1 heterocycles. The smallest absolute Gasteiger partial charge is 0.310 e. The summed E-state index contributed by atoms with van der Waals surface area (Å²) < 4.78 is 0. The molecule has 0 fully saturated rings. The molecular weight excluding hydrogens is 356 g/mol. The third kappa shape index (κ3) is 3.89. The average molecular weight is 380 g/mol. The summed E-state index contributed by atoms with van der Waals surface area (Å²) in [6.45, 7) is 0.276. The van der Waals surface area contributed by atoms with E-state index < -0.39 is 17.9 Å². The minimum absolute atomic E-state index is 0.0714. The van der Waals surface area contributed by atoms with Gasteiger partial charge in [0.15, 0.2) is 0 Å². The number of likely N-dealkylation sites (N-methyl/N-ethyl adjacent to an activating group) is 2. The molecule has 3 rings (SSSR count). The largest absolute Gasteiger partial charge is 0.346 e. The fourth-order valence-electron chi connectivity index (χ4n) is 3.36. The third-order valence-electron chi connectivity index (χ3n) is 4.93. The number of carbonyl (C=O) groups is 3. The highest BCUT2D eigenvalue weighted by Gasteiger charge is 2.36. The van der Waals surface area contributed by atoms with Crippen LogP contribution in [-0.2, 0) is 14.4 Å². The molecule has 3 amide bonds. The van der Waals surface area contributed by atoms with Crippen molar-refractivity contribution in [3.05, 3.63) is 65.7 Å². The van der Waals surface area contributed by atoms with Crippen LogP contribution in [0.1, 0.15) is 23.2 Å². The molecule has 2 atom stereocenters. The fraction of sp³-hybridized carbons (Fsp3) is 0.286. The summed E-state index contributed by atoms with van der Waals surface area (Å²) in [5.41, 5.74) is 2.45. The van der Waals surface area contributed by atoms with E-state index >= 15 is 0 Å². The van der Waals surface area contributed by atoms with Gasteiger partial charge in [-0.1, -0.05) is 48.5 Å². The fourth-order valence-corrected chi connectivity index (χ4v) is 3.36. The number of nitrogens with one attached hydrogen (secondary N) is 2. The lowest BCUT2D eigenvalue weighted by Crippen LogP contribution is -2.45. The van der Waals surface area contributed by atoms with Crippen LogP contribution in [0, 0.1) is 0 Å². The third-order valence-corrected chi connectivity index (χ3v) is 4.93. The van der Waals surface area contributed by atoms with E-state index in [1.807, 2.05) is 55.4 Å². The predicted molar refractivity (Wildman–Crippen MR) is 107 cm³/mol. The molecule has 0 radical (unpaired) electrons. The van der Waals surface area contributed by atoms with Gasteiger partial charge in [0.1, 0.15) is 6.04 Å². The molecule has 0 unspecified atom stereocenters. The lowest BCUT2D eigenvalue weighted by molar-refractivity contribution is -0.140. The number of hydrogen-bond acceptors (Lipinski definition) is 4. The van der Waals surface area contributed by atoms with Crippen LogP contribution in [-0.4, -0.2) is 50.3 Å². The maximum atomic E-state index is 12.4. The Morgan fingerprint density at radius 3 is 2.36 bits per heavy atom. The van der Waals surface area contributed by atoms with Crippen molar-refractivity contribution in [3.8, 4) is 0 Å². The van der Waals surface area contributed by atoms with Crippen molar-refractivity contribution in [3.63, 3.8) is 0 Å². The molecule has 7 heteroatoms. The number of rotatable bonds is 5. The molecule has 146 valence electrons. The number of nitrogens with zero attached hydrogens (tertiary/aromatic N) is 2. The van der Waals surface area contributed by atoms with Gasteiger partial charge in [-0.25, -0.2) is 0 Å². The molecule has 1 aliphatic heterocycles. The van der Waals surface area contributed by atoms with Crippen LogP contribution >= 0.6 is 0 Å². The standard InChI is InChI=1S/C21H24N4O3/c1-24(2)17(14-9-5-4-6-10-14)13-22-19(26)20(27)23-18-15-11-7-8-12-16(15)25(3)21(18)28/h4-12,17-18H,13H2,1-3H3,(H,22,26)(H,23,27)/t17-,18+/m0/s1. The molecular formula is C21H24N4O3. The van der Waals surface area contributed by atoms with E-state index in [0.29, 0.717) is 5.56 Å². The Balaban J connectivity index is 1.64. The van der Waals surface area contributed by atoms with E-state index in [4.69, 9.17) is 0 Å². The molecule has 0 aliphatic carbocycles. The zero-order valence-corrected chi connectivity index (χ0v) is 16.2. The first kappa shape index (κ1) is 19.6. The molecule has 0 spiro atoms. The second-order valence-electron chi connectivity index (χ2n) is 6.96. The summed E-state index contributed by atoms with van der Waals surface area (Å²) >= 11 is 0. The molecule has 0 aromatic heterocycles. The highest BCUT2D eigenvalue weighted by atomic mass is 16.2. The maximum absolute atomic E-state index is 12.4. The van der Waals surface area contributed by atoms with Gasteiger partial charge in [-0.3, -0.25) is 14.4 Å². The van der Waals surface area contributed by atoms with Crippen LogP contribution in [0.15, 0.2) is 54.6 Å². The number of carbonyl (C=O) groups excluding carboxylic acids is 3. The quantitative estimate of drug-likeness (QED) is 0.765. The summed E-state index contributed by atoms with van der Waals surface area (Å²) in [6.07, 6.45) is 0. The van der Waals surface area contributed by atoms with E-state index in [2.05, 4.69) is 10.6 Å². The van der Waals surface area contributed by atoms with Crippen molar-refractivity contribution in [2.24, 2.45) is 0 Å². The van der Waals surface area contributed by atoms with Gasteiger partial charge in [0.2, 0.25) is 0 Å². The van der Waals surface area contributed by atoms with Gasteiger partial charge in [-0.05, 0) is 25.7 Å². The van der Waals surface area contributed by atoms with Gasteiger partial charge >= 0.3 is 11.8 Å². The molecule has 2 aromatic carbocycles.